The summed E-state index contributed by atoms with van der Waals surface area (Å²) in [5.41, 5.74) is 2.03. The molecule has 0 spiro atoms. The zero-order valence-electron chi connectivity index (χ0n) is 17.5. The van der Waals surface area contributed by atoms with Crippen LogP contribution in [0, 0.1) is 5.82 Å². The Morgan fingerprint density at radius 2 is 1.97 bits per heavy atom. The van der Waals surface area contributed by atoms with Gasteiger partial charge in [0.15, 0.2) is 0 Å². The first kappa shape index (κ1) is 22.6. The summed E-state index contributed by atoms with van der Waals surface area (Å²) in [6.45, 7) is 0.616. The Balaban J connectivity index is 1.61. The maximum atomic E-state index is 13.1. The van der Waals surface area contributed by atoms with Crippen LogP contribution in [0.1, 0.15) is 45.6 Å². The van der Waals surface area contributed by atoms with E-state index in [4.69, 9.17) is 4.74 Å². The number of nitrogens with one attached hydrogen (secondary N) is 1. The van der Waals surface area contributed by atoms with Crippen LogP contribution in [-0.4, -0.2) is 38.8 Å². The van der Waals surface area contributed by atoms with Gasteiger partial charge in [-0.3, -0.25) is 4.79 Å². The van der Waals surface area contributed by atoms with Crippen molar-refractivity contribution in [3.63, 3.8) is 0 Å². The van der Waals surface area contributed by atoms with Crippen LogP contribution in [0.5, 0.6) is 0 Å². The molecule has 4 rings (SSSR count). The summed E-state index contributed by atoms with van der Waals surface area (Å²) in [4.78, 5) is 27.7. The van der Waals surface area contributed by atoms with Crippen molar-refractivity contribution in [2.24, 2.45) is 0 Å². The van der Waals surface area contributed by atoms with Gasteiger partial charge >= 0.3 is 5.97 Å². The maximum absolute atomic E-state index is 13.1. The lowest BCUT2D eigenvalue weighted by Crippen LogP contribution is -2.36. The molecule has 1 aliphatic heterocycles. The fourth-order valence-electron chi connectivity index (χ4n) is 3.96. The summed E-state index contributed by atoms with van der Waals surface area (Å²) < 4.78 is 46.5. The van der Waals surface area contributed by atoms with Gasteiger partial charge < -0.3 is 9.64 Å². The molecule has 2 aliphatic rings. The molecule has 1 N–H and O–H groups in total. The number of sulfonamides is 1. The number of hydrogen-bond donors (Lipinski definition) is 1. The number of hydrogen-bond acceptors (Lipinski definition) is 6. The van der Waals surface area contributed by atoms with Crippen molar-refractivity contribution in [2.45, 2.75) is 43.0 Å². The van der Waals surface area contributed by atoms with E-state index in [1.165, 1.54) is 31.4 Å². The van der Waals surface area contributed by atoms with Crippen LogP contribution in [0.2, 0.25) is 0 Å². The number of benzene rings is 1. The minimum atomic E-state index is -4.04. The molecule has 2 heterocycles. The molecule has 1 amide bonds. The molecule has 1 aromatic heterocycles. The van der Waals surface area contributed by atoms with Crippen molar-refractivity contribution in [1.82, 2.24) is 9.62 Å². The molecule has 0 unspecified atom stereocenters. The normalized spacial score (nSPS) is 15.9. The summed E-state index contributed by atoms with van der Waals surface area (Å²) >= 11 is 0.989. The largest absolute Gasteiger partial charge is 0.465 e. The van der Waals surface area contributed by atoms with Gasteiger partial charge in [-0.15, -0.1) is 11.3 Å². The summed E-state index contributed by atoms with van der Waals surface area (Å²) in [5.74, 6) is -1.16. The average molecular weight is 479 g/mol. The fourth-order valence-corrected chi connectivity index (χ4v) is 6.92. The number of nitrogens with zero attached hydrogens (tertiary/aromatic N) is 1. The highest BCUT2D eigenvalue weighted by molar-refractivity contribution is 7.91. The van der Waals surface area contributed by atoms with E-state index >= 15 is 0 Å². The smallest absolute Gasteiger partial charge is 0.340 e. The number of halogens is 1. The van der Waals surface area contributed by atoms with Crippen LogP contribution in [0.4, 0.5) is 4.39 Å². The Hall–Kier alpha value is -2.56. The van der Waals surface area contributed by atoms with Gasteiger partial charge in [-0.1, -0.05) is 18.2 Å². The van der Waals surface area contributed by atoms with E-state index in [0.717, 1.165) is 36.2 Å². The summed E-state index contributed by atoms with van der Waals surface area (Å²) in [6.07, 6.45) is 4.96. The first-order chi connectivity index (χ1) is 15.3. The van der Waals surface area contributed by atoms with Gasteiger partial charge in [-0.25, -0.2) is 22.3 Å². The lowest BCUT2D eigenvalue weighted by atomic mass is 10.0. The van der Waals surface area contributed by atoms with E-state index in [1.807, 2.05) is 6.08 Å². The molecule has 1 aliphatic carbocycles. The van der Waals surface area contributed by atoms with E-state index in [2.05, 4.69) is 4.72 Å². The van der Waals surface area contributed by atoms with Gasteiger partial charge in [0.25, 0.3) is 10.0 Å². The van der Waals surface area contributed by atoms with Crippen molar-refractivity contribution < 1.29 is 27.1 Å². The first-order valence-corrected chi connectivity index (χ1v) is 12.6. The topological polar surface area (TPSA) is 92.8 Å². The number of allylic oxidation sites excluding steroid dienone is 1. The fraction of sp³-hybridized carbons (Fsp3) is 0.364. The summed E-state index contributed by atoms with van der Waals surface area (Å²) in [7, 11) is -2.83. The molecule has 0 atom stereocenters. The highest BCUT2D eigenvalue weighted by atomic mass is 32.2. The van der Waals surface area contributed by atoms with Crippen molar-refractivity contribution in [3.8, 4) is 0 Å². The third-order valence-corrected chi connectivity index (χ3v) is 8.78. The van der Waals surface area contributed by atoms with Gasteiger partial charge in [-0.2, -0.15) is 0 Å². The SMILES string of the molecule is COC(=O)c1c(S(=O)(=O)NCc2ccc(F)cc2)sc2c1CCN(C(=O)C1=CCCC1)C2. The third kappa shape index (κ3) is 4.48. The predicted octanol–water partition coefficient (Wildman–Crippen LogP) is 3.15. The Kier molecular flexibility index (Phi) is 6.45. The van der Waals surface area contributed by atoms with Crippen LogP contribution < -0.4 is 4.72 Å². The highest BCUT2D eigenvalue weighted by Crippen LogP contribution is 2.37. The molecule has 7 nitrogen and oxygen atoms in total. The van der Waals surface area contributed by atoms with Gasteiger partial charge in [0.1, 0.15) is 10.0 Å². The quantitative estimate of drug-likeness (QED) is 0.644. The van der Waals surface area contributed by atoms with E-state index in [1.54, 1.807) is 4.90 Å². The molecule has 0 fully saturated rings. The number of ether oxygens (including phenoxy) is 1. The molecule has 0 saturated carbocycles. The van der Waals surface area contributed by atoms with Crippen molar-refractivity contribution in [3.05, 3.63) is 63.3 Å². The minimum absolute atomic E-state index is 0.0278. The average Bonchev–Trinajstić information content (AvgIpc) is 3.46. The van der Waals surface area contributed by atoms with E-state index in [9.17, 15) is 22.4 Å². The number of amides is 1. The van der Waals surface area contributed by atoms with Crippen molar-refractivity contribution in [1.29, 1.82) is 0 Å². The van der Waals surface area contributed by atoms with E-state index < -0.39 is 21.8 Å². The number of carbonyl (C=O) groups excluding carboxylic acids is 2. The Labute approximate surface area is 189 Å². The van der Waals surface area contributed by atoms with Gasteiger partial charge in [0.05, 0.1) is 19.2 Å². The molecule has 0 radical (unpaired) electrons. The van der Waals surface area contributed by atoms with E-state index in [0.29, 0.717) is 29.0 Å². The lowest BCUT2D eigenvalue weighted by Gasteiger charge is -2.27. The number of thiophene rings is 1. The van der Waals surface area contributed by atoms with Crippen LogP contribution in [0.15, 0.2) is 40.1 Å². The lowest BCUT2D eigenvalue weighted by molar-refractivity contribution is -0.128. The second kappa shape index (κ2) is 9.13. The molecule has 10 heteroatoms. The molecule has 0 bridgehead atoms. The second-order valence-corrected chi connectivity index (χ2v) is 10.8. The molecular formula is C22H23FN2O5S2. The number of fused-ring (bicyclic) bond motifs is 1. The minimum Gasteiger partial charge on any atom is -0.465 e. The van der Waals surface area contributed by atoms with Crippen LogP contribution >= 0.6 is 11.3 Å². The Bertz CT molecular complexity index is 1190. The van der Waals surface area contributed by atoms with Crippen LogP contribution in [0.3, 0.4) is 0 Å². The summed E-state index contributed by atoms with van der Waals surface area (Å²) in [5, 5.41) is 0. The highest BCUT2D eigenvalue weighted by Gasteiger charge is 2.35. The zero-order chi connectivity index (χ0) is 22.9. The Morgan fingerprint density at radius 3 is 2.62 bits per heavy atom. The van der Waals surface area contributed by atoms with Crippen LogP contribution in [-0.2, 0) is 39.1 Å². The van der Waals surface area contributed by atoms with Crippen LogP contribution in [0.25, 0.3) is 0 Å². The second-order valence-electron chi connectivity index (χ2n) is 7.71. The Morgan fingerprint density at radius 1 is 1.22 bits per heavy atom. The van der Waals surface area contributed by atoms with Crippen molar-refractivity contribution >= 4 is 33.2 Å². The predicted molar refractivity (Wildman–Crippen MR) is 117 cm³/mol. The zero-order valence-corrected chi connectivity index (χ0v) is 19.2. The molecule has 0 saturated heterocycles. The molecule has 2 aromatic rings. The number of rotatable bonds is 6. The van der Waals surface area contributed by atoms with Crippen molar-refractivity contribution in [2.75, 3.05) is 13.7 Å². The summed E-state index contributed by atoms with van der Waals surface area (Å²) in [6, 6.07) is 5.47. The van der Waals surface area contributed by atoms with Gasteiger partial charge in [0, 0.05) is 23.5 Å². The van der Waals surface area contributed by atoms with E-state index in [-0.39, 0.29) is 28.8 Å². The first-order valence-electron chi connectivity index (χ1n) is 10.3. The number of esters is 1. The molecule has 170 valence electrons. The maximum Gasteiger partial charge on any atom is 0.340 e. The number of methoxy groups -OCH3 is 1. The monoisotopic (exact) mass is 478 g/mol. The molecule has 32 heavy (non-hydrogen) atoms. The molecular weight excluding hydrogens is 455 g/mol. The van der Waals surface area contributed by atoms with Gasteiger partial charge in [-0.05, 0) is 48.9 Å². The molecule has 1 aromatic carbocycles. The van der Waals surface area contributed by atoms with Gasteiger partial charge in [0.2, 0.25) is 5.91 Å². The third-order valence-electron chi connectivity index (χ3n) is 5.64. The number of carbonyl (C=O) groups is 2. The standard InChI is InChI=1S/C22H23FN2O5S2/c1-30-21(27)19-17-10-11-25(20(26)15-4-2-3-5-15)13-18(17)31-22(19)32(28,29)24-12-14-6-8-16(23)9-7-14/h4,6-9,24H,2-3,5,10-13H2,1H3.